The normalized spacial score (nSPS) is 14.1. The van der Waals surface area contributed by atoms with E-state index in [4.69, 9.17) is 11.6 Å². The van der Waals surface area contributed by atoms with Gasteiger partial charge in [-0.25, -0.2) is 0 Å². The van der Waals surface area contributed by atoms with Crippen molar-refractivity contribution in [2.45, 2.75) is 31.7 Å². The average molecular weight is 278 g/mol. The Morgan fingerprint density at radius 3 is 2.50 bits per heavy atom. The second kappa shape index (κ2) is 9.42. The Morgan fingerprint density at radius 2 is 2.00 bits per heavy atom. The van der Waals surface area contributed by atoms with Crippen LogP contribution in [0.15, 0.2) is 0 Å². The lowest BCUT2D eigenvalue weighted by atomic mass is 10.0. The van der Waals surface area contributed by atoms with Crippen LogP contribution in [0, 0.1) is 5.92 Å². The molecular weight excluding hydrogens is 259 g/mol. The molecule has 0 fully saturated rings. The van der Waals surface area contributed by atoms with Gasteiger partial charge in [-0.15, -0.1) is 11.6 Å². The molecule has 0 aromatic rings. The molecule has 0 saturated carbocycles. The molecule has 0 aromatic heterocycles. The van der Waals surface area contributed by atoms with Crippen molar-refractivity contribution in [2.75, 3.05) is 24.7 Å². The van der Waals surface area contributed by atoms with Crippen molar-refractivity contribution in [3.63, 3.8) is 0 Å². The van der Waals surface area contributed by atoms with E-state index >= 15 is 0 Å². The lowest BCUT2D eigenvalue weighted by Crippen LogP contribution is -2.26. The molecule has 0 amide bonds. The third-order valence-electron chi connectivity index (χ3n) is 2.19. The molecule has 16 heavy (non-hydrogen) atoms. The van der Waals surface area contributed by atoms with Crippen molar-refractivity contribution in [1.82, 2.24) is 5.32 Å². The highest BCUT2D eigenvalue weighted by molar-refractivity contribution is 8.00. The molecule has 1 atom stereocenters. The summed E-state index contributed by atoms with van der Waals surface area (Å²) in [5.74, 6) is 1.17. The summed E-state index contributed by atoms with van der Waals surface area (Å²) in [6.45, 7) is 3.26. The van der Waals surface area contributed by atoms with Crippen LogP contribution in [0.1, 0.15) is 26.2 Å². The molecule has 6 heteroatoms. The Labute approximate surface area is 104 Å². The quantitative estimate of drug-likeness (QED) is 0.507. The summed E-state index contributed by atoms with van der Waals surface area (Å²) < 4.78 is 35.4. The number of hydrogen-bond donors (Lipinski definition) is 1. The van der Waals surface area contributed by atoms with Crippen molar-refractivity contribution < 1.29 is 13.2 Å². The molecule has 0 rings (SSSR count). The summed E-state index contributed by atoms with van der Waals surface area (Å²) in [5.41, 5.74) is -4.11. The summed E-state index contributed by atoms with van der Waals surface area (Å²) in [6, 6.07) is 0. The Bertz CT molecular complexity index is 161. The monoisotopic (exact) mass is 277 g/mol. The van der Waals surface area contributed by atoms with E-state index in [-0.39, 0.29) is 17.5 Å². The topological polar surface area (TPSA) is 12.0 Å². The Morgan fingerprint density at radius 1 is 1.31 bits per heavy atom. The second-order valence-electron chi connectivity index (χ2n) is 3.63. The maximum absolute atomic E-state index is 11.8. The molecule has 0 radical (unpaired) electrons. The zero-order valence-corrected chi connectivity index (χ0v) is 11.0. The minimum Gasteiger partial charge on any atom is -0.316 e. The fourth-order valence-electron chi connectivity index (χ4n) is 1.46. The first-order valence-corrected chi connectivity index (χ1v) is 6.99. The van der Waals surface area contributed by atoms with E-state index in [1.54, 1.807) is 0 Å². The molecule has 0 heterocycles. The number of alkyl halides is 4. The third-order valence-corrected chi connectivity index (χ3v) is 3.15. The van der Waals surface area contributed by atoms with E-state index in [0.717, 1.165) is 25.8 Å². The highest BCUT2D eigenvalue weighted by Gasteiger charge is 2.27. The van der Waals surface area contributed by atoms with Gasteiger partial charge in [-0.3, -0.25) is 0 Å². The molecule has 0 aliphatic rings. The maximum Gasteiger partial charge on any atom is 0.441 e. The second-order valence-corrected chi connectivity index (χ2v) is 5.17. The molecule has 98 valence electrons. The van der Waals surface area contributed by atoms with Crippen LogP contribution in [0.2, 0.25) is 0 Å². The fourth-order valence-corrected chi connectivity index (χ4v) is 2.24. The zero-order chi connectivity index (χ0) is 12.4. The van der Waals surface area contributed by atoms with Crippen LogP contribution in [0.25, 0.3) is 0 Å². The molecule has 0 aromatic carbocycles. The molecule has 0 aliphatic carbocycles. The Kier molecular flexibility index (Phi) is 9.65. The summed E-state index contributed by atoms with van der Waals surface area (Å²) >= 11 is 5.67. The smallest absolute Gasteiger partial charge is 0.316 e. The highest BCUT2D eigenvalue weighted by atomic mass is 35.5. The van der Waals surface area contributed by atoms with E-state index in [9.17, 15) is 13.2 Å². The largest absolute Gasteiger partial charge is 0.441 e. The Hall–Kier alpha value is 0.390. The predicted molar refractivity (Wildman–Crippen MR) is 65.1 cm³/mol. The lowest BCUT2D eigenvalue weighted by molar-refractivity contribution is -0.0327. The molecule has 1 nitrogen and oxygen atoms in total. The van der Waals surface area contributed by atoms with Crippen molar-refractivity contribution in [3.8, 4) is 0 Å². The van der Waals surface area contributed by atoms with Crippen molar-refractivity contribution in [1.29, 1.82) is 0 Å². The summed E-state index contributed by atoms with van der Waals surface area (Å²) in [4.78, 5) is 0. The van der Waals surface area contributed by atoms with Crippen molar-refractivity contribution >= 4 is 23.4 Å². The van der Waals surface area contributed by atoms with Gasteiger partial charge in [0.25, 0.3) is 0 Å². The van der Waals surface area contributed by atoms with E-state index in [0.29, 0.717) is 18.3 Å². The summed E-state index contributed by atoms with van der Waals surface area (Å²) in [7, 11) is 0. The van der Waals surface area contributed by atoms with Crippen LogP contribution >= 0.6 is 23.4 Å². The van der Waals surface area contributed by atoms with Gasteiger partial charge in [-0.1, -0.05) is 13.3 Å². The first-order chi connectivity index (χ1) is 7.49. The van der Waals surface area contributed by atoms with E-state index < -0.39 is 5.51 Å². The van der Waals surface area contributed by atoms with Gasteiger partial charge in [0.2, 0.25) is 0 Å². The third kappa shape index (κ3) is 10.9. The van der Waals surface area contributed by atoms with Crippen molar-refractivity contribution in [2.24, 2.45) is 5.92 Å². The highest BCUT2D eigenvalue weighted by Crippen LogP contribution is 2.29. The van der Waals surface area contributed by atoms with Crippen LogP contribution in [-0.2, 0) is 0 Å². The first-order valence-electron chi connectivity index (χ1n) is 5.47. The van der Waals surface area contributed by atoms with Gasteiger partial charge in [0.15, 0.2) is 0 Å². The zero-order valence-electron chi connectivity index (χ0n) is 9.45. The average Bonchev–Trinajstić information content (AvgIpc) is 2.16. The van der Waals surface area contributed by atoms with Crippen LogP contribution in [0.3, 0.4) is 0 Å². The predicted octanol–water partition coefficient (Wildman–Crippen LogP) is 3.87. The minimum absolute atomic E-state index is 0.0234. The molecule has 0 saturated heterocycles. The fraction of sp³-hybridized carbons (Fsp3) is 1.00. The first kappa shape index (κ1) is 16.4. The van der Waals surface area contributed by atoms with Crippen LogP contribution in [-0.4, -0.2) is 30.2 Å². The molecule has 0 bridgehead atoms. The molecular formula is C10H19ClF3NS. The number of halogens is 4. The standard InChI is InChI=1S/C10H19ClF3NS/c1-2-3-9(4-5-11)8-15-6-7-16-10(12,13)14/h9,15H,2-8H2,1H3. The van der Waals surface area contributed by atoms with E-state index in [2.05, 4.69) is 12.2 Å². The summed E-state index contributed by atoms with van der Waals surface area (Å²) in [5, 5.41) is 3.05. The van der Waals surface area contributed by atoms with Gasteiger partial charge in [0.05, 0.1) is 0 Å². The number of nitrogens with one attached hydrogen (secondary N) is 1. The summed E-state index contributed by atoms with van der Waals surface area (Å²) in [6.07, 6.45) is 3.08. The SMILES string of the molecule is CCCC(CCCl)CNCCSC(F)(F)F. The minimum atomic E-state index is -4.11. The van der Waals surface area contributed by atoms with E-state index in [1.165, 1.54) is 0 Å². The lowest BCUT2D eigenvalue weighted by Gasteiger charge is -2.15. The molecule has 1 unspecified atom stereocenters. The number of rotatable bonds is 9. The van der Waals surface area contributed by atoms with Crippen LogP contribution in [0.5, 0.6) is 0 Å². The molecule has 1 N–H and O–H groups in total. The maximum atomic E-state index is 11.8. The van der Waals surface area contributed by atoms with Crippen LogP contribution in [0.4, 0.5) is 13.2 Å². The Balaban J connectivity index is 3.46. The van der Waals surface area contributed by atoms with Gasteiger partial charge in [0.1, 0.15) is 0 Å². The van der Waals surface area contributed by atoms with Gasteiger partial charge < -0.3 is 5.32 Å². The number of thioether (sulfide) groups is 1. The molecule has 0 aliphatic heterocycles. The van der Waals surface area contributed by atoms with E-state index in [1.807, 2.05) is 0 Å². The van der Waals surface area contributed by atoms with Crippen molar-refractivity contribution in [3.05, 3.63) is 0 Å². The van der Waals surface area contributed by atoms with Gasteiger partial charge in [-0.2, -0.15) is 13.2 Å². The number of hydrogen-bond acceptors (Lipinski definition) is 2. The van der Waals surface area contributed by atoms with Gasteiger partial charge in [-0.05, 0) is 37.1 Å². The molecule has 0 spiro atoms. The van der Waals surface area contributed by atoms with Gasteiger partial charge >= 0.3 is 5.51 Å². The van der Waals surface area contributed by atoms with Crippen LogP contribution < -0.4 is 5.32 Å². The van der Waals surface area contributed by atoms with Gasteiger partial charge in [0, 0.05) is 18.2 Å².